The number of nitrogens with zero attached hydrogens (tertiary/aromatic N) is 2. The quantitative estimate of drug-likeness (QED) is 0.558. The maximum atomic E-state index is 9.57. The summed E-state index contributed by atoms with van der Waals surface area (Å²) in [5.74, 6) is 1.06. The van der Waals surface area contributed by atoms with Crippen molar-refractivity contribution in [1.29, 1.82) is 10.5 Å². The van der Waals surface area contributed by atoms with Gasteiger partial charge in [0.15, 0.2) is 0 Å². The minimum atomic E-state index is -4.16. The number of nitriles is 2. The van der Waals surface area contributed by atoms with Crippen LogP contribution >= 0.6 is 0 Å². The van der Waals surface area contributed by atoms with E-state index < -0.39 is 21.1 Å². The maximum absolute atomic E-state index is 9.57. The van der Waals surface area contributed by atoms with Crippen molar-refractivity contribution in [2.45, 2.75) is 7.25 Å². The fourth-order valence-corrected chi connectivity index (χ4v) is 12.4. The first-order chi connectivity index (χ1) is 14.3. The van der Waals surface area contributed by atoms with Gasteiger partial charge in [-0.2, -0.15) is 0 Å². The molecule has 0 spiro atoms. The molecule has 0 atom stereocenters. The van der Waals surface area contributed by atoms with E-state index in [1.54, 1.807) is 12.1 Å². The van der Waals surface area contributed by atoms with Crippen LogP contribution in [-0.4, -0.2) is 0 Å². The average Bonchev–Trinajstić information content (AvgIpc) is 3.48. The van der Waals surface area contributed by atoms with E-state index in [2.05, 4.69) is 36.4 Å². The van der Waals surface area contributed by atoms with Gasteiger partial charge in [0.1, 0.15) is 0 Å². The molecule has 2 aromatic carbocycles. The van der Waals surface area contributed by atoms with Crippen LogP contribution in [0.3, 0.4) is 0 Å². The van der Waals surface area contributed by atoms with Crippen molar-refractivity contribution in [2.24, 2.45) is 0 Å². The van der Waals surface area contributed by atoms with E-state index in [1.165, 1.54) is 0 Å². The Hall–Kier alpha value is -3.14. The molecule has 0 heterocycles. The summed E-state index contributed by atoms with van der Waals surface area (Å²) in [7, 11) is 0. The topological polar surface area (TPSA) is 66.0 Å². The molecule has 0 aliphatic heterocycles. The molecule has 0 saturated carbocycles. The predicted octanol–water partition coefficient (Wildman–Crippen LogP) is 5.70. The average molecular weight is 458 g/mol. The van der Waals surface area contributed by atoms with E-state index in [9.17, 15) is 10.5 Å². The standard InChI is InChI=1S/2C7H5NO.2C5H5.Zr/c2*8-5-6-3-1-2-4-7(6)9;2*1-2-4-5-3-1;/h2*1-4,9H;2*1-5H;/q;;;;+2/p-2. The molecule has 29 heavy (non-hydrogen) atoms. The van der Waals surface area contributed by atoms with Gasteiger partial charge in [-0.15, -0.1) is 0 Å². The van der Waals surface area contributed by atoms with Crippen molar-refractivity contribution in [1.82, 2.24) is 0 Å². The molecule has 2 aliphatic rings. The summed E-state index contributed by atoms with van der Waals surface area (Å²) in [4.78, 5) is 0. The van der Waals surface area contributed by atoms with Crippen LogP contribution in [0.25, 0.3) is 0 Å². The number of benzene rings is 2. The molecule has 2 aliphatic carbocycles. The van der Waals surface area contributed by atoms with Crippen molar-refractivity contribution in [3.8, 4) is 23.6 Å². The van der Waals surface area contributed by atoms with Crippen molar-refractivity contribution in [2.75, 3.05) is 0 Å². The van der Waals surface area contributed by atoms with E-state index in [0.29, 0.717) is 22.6 Å². The van der Waals surface area contributed by atoms with E-state index >= 15 is 0 Å². The zero-order valence-electron chi connectivity index (χ0n) is 15.6. The summed E-state index contributed by atoms with van der Waals surface area (Å²) in [6.07, 6.45) is 16.4. The van der Waals surface area contributed by atoms with Gasteiger partial charge >= 0.3 is 176 Å². The number of rotatable bonds is 6. The Morgan fingerprint density at radius 2 is 1.00 bits per heavy atom. The van der Waals surface area contributed by atoms with Crippen LogP contribution in [0.1, 0.15) is 11.1 Å². The Morgan fingerprint density at radius 3 is 1.38 bits per heavy atom. The van der Waals surface area contributed by atoms with Gasteiger partial charge in [-0.05, 0) is 0 Å². The second kappa shape index (κ2) is 8.48. The van der Waals surface area contributed by atoms with Gasteiger partial charge in [-0.1, -0.05) is 0 Å². The number of hydrogen-bond donors (Lipinski definition) is 0. The molecule has 0 radical (unpaired) electrons. The molecule has 140 valence electrons. The molecular formula is C24H18N2O2Zr. The van der Waals surface area contributed by atoms with Crippen molar-refractivity contribution < 1.29 is 26.8 Å². The van der Waals surface area contributed by atoms with Gasteiger partial charge in [0.25, 0.3) is 0 Å². The van der Waals surface area contributed by atoms with Crippen LogP contribution in [0, 0.1) is 22.7 Å². The number of hydrogen-bond acceptors (Lipinski definition) is 4. The molecule has 2 aromatic rings. The first kappa shape index (κ1) is 19.2. The van der Waals surface area contributed by atoms with Crippen LogP contribution in [0.5, 0.6) is 11.5 Å². The molecule has 5 heteroatoms. The molecule has 4 rings (SSSR count). The molecule has 4 nitrogen and oxygen atoms in total. The fourth-order valence-electron chi connectivity index (χ4n) is 3.56. The van der Waals surface area contributed by atoms with Crippen molar-refractivity contribution in [3.63, 3.8) is 0 Å². The van der Waals surface area contributed by atoms with Gasteiger partial charge in [0.05, 0.1) is 0 Å². The Labute approximate surface area is 176 Å². The third-order valence-corrected chi connectivity index (χ3v) is 14.1. The van der Waals surface area contributed by atoms with Crippen LogP contribution in [0.2, 0.25) is 7.25 Å². The van der Waals surface area contributed by atoms with Crippen LogP contribution in [0.4, 0.5) is 0 Å². The van der Waals surface area contributed by atoms with E-state index in [1.807, 2.05) is 60.7 Å². The summed E-state index contributed by atoms with van der Waals surface area (Å²) < 4.78 is 13.5. The fraction of sp³-hybridized carbons (Fsp3) is 0.0833. The normalized spacial score (nSPS) is 15.4. The number of allylic oxidation sites excluding steroid dienone is 8. The third kappa shape index (κ3) is 3.75. The Kier molecular flexibility index (Phi) is 5.61. The second-order valence-electron chi connectivity index (χ2n) is 6.73. The van der Waals surface area contributed by atoms with E-state index in [-0.39, 0.29) is 7.25 Å². The minimum absolute atomic E-state index is 0.0137. The molecule has 0 fully saturated rings. The Morgan fingerprint density at radius 1 is 0.621 bits per heavy atom. The molecule has 0 bridgehead atoms. The van der Waals surface area contributed by atoms with Crippen molar-refractivity contribution in [3.05, 3.63) is 108 Å². The van der Waals surface area contributed by atoms with E-state index in [4.69, 9.17) is 5.63 Å². The third-order valence-electron chi connectivity index (χ3n) is 4.98. The summed E-state index contributed by atoms with van der Waals surface area (Å²) in [6.45, 7) is 0. The first-order valence-electron chi connectivity index (χ1n) is 9.33. The SMILES string of the molecule is N#Cc1ccccc1[O][Zr]([O]c1ccccc1C#N)([CH]1C=CC=C1)[CH]1C=CC=C1. The van der Waals surface area contributed by atoms with Gasteiger partial charge in [0.2, 0.25) is 0 Å². The summed E-state index contributed by atoms with van der Waals surface area (Å²) in [5, 5.41) is 19.1. The van der Waals surface area contributed by atoms with Crippen LogP contribution < -0.4 is 5.63 Å². The zero-order chi connectivity index (χ0) is 20.1. The molecule has 0 N–H and O–H groups in total. The molecule has 0 unspecified atom stereocenters. The molecule has 0 aromatic heterocycles. The van der Waals surface area contributed by atoms with Gasteiger partial charge in [-0.25, -0.2) is 0 Å². The monoisotopic (exact) mass is 456 g/mol. The predicted molar refractivity (Wildman–Crippen MR) is 108 cm³/mol. The van der Waals surface area contributed by atoms with Crippen LogP contribution in [-0.2, 0) is 21.1 Å². The second-order valence-corrected chi connectivity index (χ2v) is 14.6. The molecule has 0 saturated heterocycles. The van der Waals surface area contributed by atoms with Gasteiger partial charge in [0, 0.05) is 0 Å². The Bertz CT molecular complexity index is 1000. The van der Waals surface area contributed by atoms with Gasteiger partial charge in [-0.3, -0.25) is 0 Å². The zero-order valence-corrected chi connectivity index (χ0v) is 18.1. The Balaban J connectivity index is 1.87. The van der Waals surface area contributed by atoms with E-state index in [0.717, 1.165) is 0 Å². The van der Waals surface area contributed by atoms with Crippen molar-refractivity contribution >= 4 is 0 Å². The number of para-hydroxylation sites is 2. The van der Waals surface area contributed by atoms with Gasteiger partial charge < -0.3 is 0 Å². The first-order valence-corrected chi connectivity index (χ1v) is 14.2. The molecule has 0 amide bonds. The molecular weight excluding hydrogens is 440 g/mol. The summed E-state index contributed by atoms with van der Waals surface area (Å²) in [6, 6.07) is 18.9. The summed E-state index contributed by atoms with van der Waals surface area (Å²) in [5.41, 5.74) is 0.949. The summed E-state index contributed by atoms with van der Waals surface area (Å²) >= 11 is -4.16. The van der Waals surface area contributed by atoms with Crippen LogP contribution in [0.15, 0.2) is 97.1 Å².